The number of hydrogen-bond donors (Lipinski definition) is 0. The van der Waals surface area contributed by atoms with Crippen LogP contribution in [-0.2, 0) is 18.3 Å². The number of imidazole rings is 1. The van der Waals surface area contributed by atoms with E-state index in [9.17, 15) is 4.79 Å². The SMILES string of the molecule is CC(=O)CCc1nc2ncccc2n1C. The summed E-state index contributed by atoms with van der Waals surface area (Å²) >= 11 is 0. The van der Waals surface area contributed by atoms with E-state index in [4.69, 9.17) is 0 Å². The normalized spacial score (nSPS) is 10.8. The van der Waals surface area contributed by atoms with Gasteiger partial charge in [-0.05, 0) is 19.1 Å². The van der Waals surface area contributed by atoms with Gasteiger partial charge >= 0.3 is 0 Å². The van der Waals surface area contributed by atoms with E-state index in [1.54, 1.807) is 13.1 Å². The third-order valence-electron chi connectivity index (χ3n) is 2.45. The highest BCUT2D eigenvalue weighted by molar-refractivity contribution is 5.76. The molecule has 0 N–H and O–H groups in total. The molecule has 0 aromatic carbocycles. The van der Waals surface area contributed by atoms with Crippen LogP contribution in [0.1, 0.15) is 19.2 Å². The van der Waals surface area contributed by atoms with Gasteiger partial charge < -0.3 is 9.36 Å². The first-order valence-electron chi connectivity index (χ1n) is 4.94. The predicted octanol–water partition coefficient (Wildman–Crippen LogP) is 1.49. The Morgan fingerprint density at radius 3 is 3.00 bits per heavy atom. The Kier molecular flexibility index (Phi) is 2.49. The number of Topliss-reactive ketones (excluding diaryl/α,β-unsaturated/α-hetero) is 1. The molecule has 0 aliphatic rings. The molecule has 0 atom stereocenters. The third-order valence-corrected chi connectivity index (χ3v) is 2.45. The number of pyridine rings is 1. The molecule has 4 nitrogen and oxygen atoms in total. The molecule has 0 bridgehead atoms. The van der Waals surface area contributed by atoms with Crippen molar-refractivity contribution in [2.24, 2.45) is 7.05 Å². The van der Waals surface area contributed by atoms with Gasteiger partial charge in [0.05, 0.1) is 5.52 Å². The Bertz CT molecular complexity index is 502. The zero-order chi connectivity index (χ0) is 10.8. The predicted molar refractivity (Wildman–Crippen MR) is 57.5 cm³/mol. The van der Waals surface area contributed by atoms with E-state index in [0.29, 0.717) is 12.8 Å². The monoisotopic (exact) mass is 203 g/mol. The fourth-order valence-corrected chi connectivity index (χ4v) is 1.58. The van der Waals surface area contributed by atoms with Gasteiger partial charge in [-0.2, -0.15) is 0 Å². The molecule has 0 fully saturated rings. The average molecular weight is 203 g/mol. The summed E-state index contributed by atoms with van der Waals surface area (Å²) in [5.74, 6) is 1.11. The standard InChI is InChI=1S/C11H13N3O/c1-8(15)5-6-10-13-11-9(14(10)2)4-3-7-12-11/h3-4,7H,5-6H2,1-2H3. The first kappa shape index (κ1) is 9.83. The number of nitrogens with zero attached hydrogens (tertiary/aromatic N) is 3. The molecule has 0 radical (unpaired) electrons. The summed E-state index contributed by atoms with van der Waals surface area (Å²) in [5, 5.41) is 0. The lowest BCUT2D eigenvalue weighted by Gasteiger charge is -1.99. The number of carbonyl (C=O) groups is 1. The second kappa shape index (κ2) is 3.81. The molecule has 0 saturated carbocycles. The molecule has 0 unspecified atom stereocenters. The van der Waals surface area contributed by atoms with Crippen LogP contribution in [0.25, 0.3) is 11.2 Å². The average Bonchev–Trinajstić information content (AvgIpc) is 2.54. The lowest BCUT2D eigenvalue weighted by molar-refractivity contribution is -0.117. The summed E-state index contributed by atoms with van der Waals surface area (Å²) in [4.78, 5) is 19.4. The molecule has 2 heterocycles. The summed E-state index contributed by atoms with van der Waals surface area (Å²) in [5.41, 5.74) is 1.76. The Morgan fingerprint density at radius 1 is 1.53 bits per heavy atom. The van der Waals surface area contributed by atoms with Crippen LogP contribution in [0.2, 0.25) is 0 Å². The van der Waals surface area contributed by atoms with Crippen LogP contribution in [0.3, 0.4) is 0 Å². The maximum Gasteiger partial charge on any atom is 0.177 e. The molecule has 0 spiro atoms. The van der Waals surface area contributed by atoms with Crippen molar-refractivity contribution in [3.05, 3.63) is 24.2 Å². The van der Waals surface area contributed by atoms with Crippen LogP contribution >= 0.6 is 0 Å². The van der Waals surface area contributed by atoms with Gasteiger partial charge in [-0.3, -0.25) is 0 Å². The zero-order valence-corrected chi connectivity index (χ0v) is 8.90. The quantitative estimate of drug-likeness (QED) is 0.759. The largest absolute Gasteiger partial charge is 0.330 e. The van der Waals surface area contributed by atoms with Crippen LogP contribution in [0, 0.1) is 0 Å². The van der Waals surface area contributed by atoms with E-state index >= 15 is 0 Å². The number of ketones is 1. The van der Waals surface area contributed by atoms with E-state index in [1.165, 1.54) is 0 Å². The van der Waals surface area contributed by atoms with Gasteiger partial charge in [0.25, 0.3) is 0 Å². The molecule has 4 heteroatoms. The highest BCUT2D eigenvalue weighted by Gasteiger charge is 2.08. The molecule has 78 valence electrons. The Hall–Kier alpha value is -1.71. The second-order valence-electron chi connectivity index (χ2n) is 3.64. The van der Waals surface area contributed by atoms with Crippen LogP contribution in [0.4, 0.5) is 0 Å². The summed E-state index contributed by atoms with van der Waals surface area (Å²) in [6, 6.07) is 3.87. The van der Waals surface area contributed by atoms with E-state index in [2.05, 4.69) is 9.97 Å². The van der Waals surface area contributed by atoms with Gasteiger partial charge in [0.15, 0.2) is 5.65 Å². The fraction of sp³-hybridized carbons (Fsp3) is 0.364. The first-order valence-corrected chi connectivity index (χ1v) is 4.94. The summed E-state index contributed by atoms with van der Waals surface area (Å²) < 4.78 is 1.99. The van der Waals surface area contributed by atoms with Crippen molar-refractivity contribution in [1.82, 2.24) is 14.5 Å². The van der Waals surface area contributed by atoms with Crippen LogP contribution in [0.15, 0.2) is 18.3 Å². The second-order valence-corrected chi connectivity index (χ2v) is 3.64. The van der Waals surface area contributed by atoms with Crippen LogP contribution < -0.4 is 0 Å². The van der Waals surface area contributed by atoms with Crippen molar-refractivity contribution in [2.45, 2.75) is 19.8 Å². The number of hydrogen-bond acceptors (Lipinski definition) is 3. The molecular weight excluding hydrogens is 190 g/mol. The Balaban J connectivity index is 2.36. The molecule has 0 amide bonds. The first-order chi connectivity index (χ1) is 7.18. The van der Waals surface area contributed by atoms with E-state index in [0.717, 1.165) is 17.0 Å². The highest BCUT2D eigenvalue weighted by atomic mass is 16.1. The number of aryl methyl sites for hydroxylation is 2. The topological polar surface area (TPSA) is 47.8 Å². The number of rotatable bonds is 3. The lowest BCUT2D eigenvalue weighted by Crippen LogP contribution is -2.01. The van der Waals surface area contributed by atoms with Crippen molar-refractivity contribution in [2.75, 3.05) is 0 Å². The molecule has 15 heavy (non-hydrogen) atoms. The van der Waals surface area contributed by atoms with Gasteiger partial charge in [0.1, 0.15) is 11.6 Å². The number of fused-ring (bicyclic) bond motifs is 1. The minimum atomic E-state index is 0.190. The van der Waals surface area contributed by atoms with Crippen molar-refractivity contribution in [3.8, 4) is 0 Å². The lowest BCUT2D eigenvalue weighted by atomic mass is 10.2. The van der Waals surface area contributed by atoms with Crippen molar-refractivity contribution < 1.29 is 4.79 Å². The third kappa shape index (κ3) is 1.88. The maximum atomic E-state index is 10.9. The molecule has 0 saturated heterocycles. The number of carbonyl (C=O) groups excluding carboxylic acids is 1. The summed E-state index contributed by atoms with van der Waals surface area (Å²) in [6.45, 7) is 1.60. The van der Waals surface area contributed by atoms with Crippen LogP contribution in [-0.4, -0.2) is 20.3 Å². The van der Waals surface area contributed by atoms with E-state index in [-0.39, 0.29) is 5.78 Å². The molecular formula is C11H13N3O. The molecule has 2 aromatic heterocycles. The van der Waals surface area contributed by atoms with E-state index in [1.807, 2.05) is 23.7 Å². The van der Waals surface area contributed by atoms with Gasteiger partial charge in [-0.25, -0.2) is 9.97 Å². The minimum Gasteiger partial charge on any atom is -0.330 e. The van der Waals surface area contributed by atoms with Gasteiger partial charge in [-0.1, -0.05) is 0 Å². The minimum absolute atomic E-state index is 0.190. The molecule has 2 rings (SSSR count). The van der Waals surface area contributed by atoms with Gasteiger partial charge in [0, 0.05) is 26.1 Å². The molecule has 0 aliphatic carbocycles. The molecule has 2 aromatic rings. The summed E-state index contributed by atoms with van der Waals surface area (Å²) in [6.07, 6.45) is 2.95. The zero-order valence-electron chi connectivity index (χ0n) is 8.90. The highest BCUT2D eigenvalue weighted by Crippen LogP contribution is 2.12. The van der Waals surface area contributed by atoms with Gasteiger partial charge in [0.2, 0.25) is 0 Å². The smallest absolute Gasteiger partial charge is 0.177 e. The Labute approximate surface area is 88.0 Å². The van der Waals surface area contributed by atoms with Gasteiger partial charge in [-0.15, -0.1) is 0 Å². The van der Waals surface area contributed by atoms with Crippen molar-refractivity contribution in [3.63, 3.8) is 0 Å². The number of aromatic nitrogens is 3. The van der Waals surface area contributed by atoms with E-state index < -0.39 is 0 Å². The van der Waals surface area contributed by atoms with Crippen LogP contribution in [0.5, 0.6) is 0 Å². The van der Waals surface area contributed by atoms with Crippen molar-refractivity contribution >= 4 is 16.9 Å². The Morgan fingerprint density at radius 2 is 2.33 bits per heavy atom. The summed E-state index contributed by atoms with van der Waals surface area (Å²) in [7, 11) is 1.95. The maximum absolute atomic E-state index is 10.9. The fourth-order valence-electron chi connectivity index (χ4n) is 1.58. The van der Waals surface area contributed by atoms with Crippen molar-refractivity contribution in [1.29, 1.82) is 0 Å². The molecule has 0 aliphatic heterocycles.